The summed E-state index contributed by atoms with van der Waals surface area (Å²) >= 11 is 0. The van der Waals surface area contributed by atoms with Crippen LogP contribution in [0.1, 0.15) is 81.2 Å². The molecular weight excluding hydrogens is 409 g/mol. The molecule has 0 atom stereocenters. The van der Waals surface area contributed by atoms with E-state index < -0.39 is 0 Å². The molecule has 0 N–H and O–H groups in total. The predicted octanol–water partition coefficient (Wildman–Crippen LogP) is -1.10. The largest absolute Gasteiger partial charge is 2.00 e. The van der Waals surface area contributed by atoms with Crippen LogP contribution in [0.3, 0.4) is 0 Å². The number of halogens is 2. The van der Waals surface area contributed by atoms with Gasteiger partial charge >= 0.3 is 17.1 Å². The molecule has 2 saturated carbocycles. The third-order valence-electron chi connectivity index (χ3n) is 4.99. The van der Waals surface area contributed by atoms with Gasteiger partial charge in [0.2, 0.25) is 0 Å². The number of pyridine rings is 1. The van der Waals surface area contributed by atoms with Crippen molar-refractivity contribution < 1.29 is 41.9 Å². The normalized spacial score (nSPS) is 19.0. The molecule has 1 heterocycles. The summed E-state index contributed by atoms with van der Waals surface area (Å²) in [6, 6.07) is 5.24. The van der Waals surface area contributed by atoms with E-state index in [0.717, 1.165) is 11.4 Å². The Labute approximate surface area is 181 Å². The third kappa shape index (κ3) is 8.52. The zero-order valence-electron chi connectivity index (χ0n) is 15.5. The quantitative estimate of drug-likeness (QED) is 0.435. The van der Waals surface area contributed by atoms with Crippen LogP contribution in [-0.2, 0) is 17.1 Å². The Morgan fingerprint density at radius 3 is 1.54 bits per heavy atom. The van der Waals surface area contributed by atoms with Crippen LogP contribution in [0.4, 0.5) is 0 Å². The SMILES string of the molecule is Cc1cc(C=NC2CCCCC2)nc(C=NC2CCCCC2)c1.[Cl-].[Cl-].[Fe+2]. The van der Waals surface area contributed by atoms with E-state index in [1.54, 1.807) is 0 Å². The topological polar surface area (TPSA) is 37.6 Å². The first kappa shape index (κ1) is 25.6. The maximum atomic E-state index is 4.75. The molecule has 0 radical (unpaired) electrons. The summed E-state index contributed by atoms with van der Waals surface area (Å²) in [4.78, 5) is 14.2. The molecule has 0 bridgehead atoms. The van der Waals surface area contributed by atoms with Crippen LogP contribution in [0.5, 0.6) is 0 Å². The number of nitrogens with zero attached hydrogens (tertiary/aromatic N) is 3. The molecule has 2 aliphatic rings. The summed E-state index contributed by atoms with van der Waals surface area (Å²) in [7, 11) is 0. The minimum absolute atomic E-state index is 0. The average Bonchev–Trinajstić information content (AvgIpc) is 2.60. The molecule has 0 spiro atoms. The fourth-order valence-corrected chi connectivity index (χ4v) is 3.68. The Kier molecular flexibility index (Phi) is 13.5. The number of hydrogen-bond donors (Lipinski definition) is 0. The van der Waals surface area contributed by atoms with E-state index in [9.17, 15) is 0 Å². The first-order valence-electron chi connectivity index (χ1n) is 9.35. The first-order chi connectivity index (χ1) is 11.3. The maximum absolute atomic E-state index is 4.75. The number of aliphatic imine (C=N–C) groups is 2. The molecule has 2 fully saturated rings. The van der Waals surface area contributed by atoms with Crippen molar-refractivity contribution in [1.82, 2.24) is 4.98 Å². The standard InChI is InChI=1S/C20H29N3.2ClH.Fe/c1-16-12-19(14-21-17-8-4-2-5-9-17)23-20(13-16)15-22-18-10-6-3-7-11-18;;;/h12-15,17-18H,2-11H2,1H3;2*1H;/q;;;+2/p-2. The van der Waals surface area contributed by atoms with E-state index >= 15 is 0 Å². The molecule has 0 amide bonds. The summed E-state index contributed by atoms with van der Waals surface area (Å²) in [5.41, 5.74) is 3.18. The molecule has 26 heavy (non-hydrogen) atoms. The van der Waals surface area contributed by atoms with E-state index in [2.05, 4.69) is 19.1 Å². The van der Waals surface area contributed by atoms with Gasteiger partial charge in [-0.1, -0.05) is 38.5 Å². The van der Waals surface area contributed by atoms with Gasteiger partial charge < -0.3 is 24.8 Å². The molecule has 0 aliphatic heterocycles. The molecule has 0 unspecified atom stereocenters. The Morgan fingerprint density at radius 2 is 1.15 bits per heavy atom. The van der Waals surface area contributed by atoms with Gasteiger partial charge in [-0.2, -0.15) is 0 Å². The molecule has 6 heteroatoms. The third-order valence-corrected chi connectivity index (χ3v) is 4.99. The van der Waals surface area contributed by atoms with Crippen molar-refractivity contribution in [1.29, 1.82) is 0 Å². The molecule has 0 saturated heterocycles. The van der Waals surface area contributed by atoms with E-state index in [4.69, 9.17) is 15.0 Å². The zero-order chi connectivity index (χ0) is 15.9. The Morgan fingerprint density at radius 1 is 0.769 bits per heavy atom. The van der Waals surface area contributed by atoms with Gasteiger partial charge in [0.15, 0.2) is 0 Å². The molecule has 1 aromatic heterocycles. The Balaban J connectivity index is 0.00000208. The van der Waals surface area contributed by atoms with Crippen LogP contribution >= 0.6 is 0 Å². The van der Waals surface area contributed by atoms with E-state index in [1.165, 1.54) is 69.8 Å². The van der Waals surface area contributed by atoms with Crippen molar-refractivity contribution in [2.45, 2.75) is 83.2 Å². The number of aromatic nitrogens is 1. The Bertz CT molecular complexity index is 520. The van der Waals surface area contributed by atoms with Crippen molar-refractivity contribution in [3.8, 4) is 0 Å². The minimum Gasteiger partial charge on any atom is -1.00 e. The van der Waals surface area contributed by atoms with Gasteiger partial charge in [-0.3, -0.25) is 9.98 Å². The molecule has 3 nitrogen and oxygen atoms in total. The van der Waals surface area contributed by atoms with Gasteiger partial charge in [0.05, 0.1) is 23.5 Å². The van der Waals surface area contributed by atoms with E-state index in [0.29, 0.717) is 12.1 Å². The zero-order valence-corrected chi connectivity index (χ0v) is 18.1. The summed E-state index contributed by atoms with van der Waals surface area (Å²) in [5.74, 6) is 0. The van der Waals surface area contributed by atoms with Gasteiger partial charge in [-0.25, -0.2) is 4.98 Å². The summed E-state index contributed by atoms with van der Waals surface area (Å²) in [6.07, 6.45) is 16.9. The van der Waals surface area contributed by atoms with Gasteiger partial charge in [-0.05, 0) is 50.3 Å². The van der Waals surface area contributed by atoms with E-state index in [1.807, 2.05) is 12.4 Å². The number of hydrogen-bond acceptors (Lipinski definition) is 3. The summed E-state index contributed by atoms with van der Waals surface area (Å²) in [5, 5.41) is 0. The van der Waals surface area contributed by atoms with Gasteiger partial charge in [0.1, 0.15) is 0 Å². The predicted molar refractivity (Wildman–Crippen MR) is 97.9 cm³/mol. The van der Waals surface area contributed by atoms with Crippen LogP contribution in [-0.4, -0.2) is 29.5 Å². The van der Waals surface area contributed by atoms with Crippen molar-refractivity contribution in [3.05, 3.63) is 29.1 Å². The molecule has 0 aromatic carbocycles. The van der Waals surface area contributed by atoms with Crippen molar-refractivity contribution in [2.75, 3.05) is 0 Å². The first-order valence-corrected chi connectivity index (χ1v) is 9.35. The average molecular weight is 438 g/mol. The van der Waals surface area contributed by atoms with Crippen molar-refractivity contribution in [3.63, 3.8) is 0 Å². The fraction of sp³-hybridized carbons (Fsp3) is 0.650. The minimum atomic E-state index is 0. The smallest absolute Gasteiger partial charge is 1.00 e. The summed E-state index contributed by atoms with van der Waals surface area (Å²) < 4.78 is 0. The second kappa shape index (κ2) is 13.7. The second-order valence-electron chi connectivity index (χ2n) is 7.13. The molecule has 2 aliphatic carbocycles. The van der Waals surface area contributed by atoms with Crippen LogP contribution in [0.25, 0.3) is 0 Å². The van der Waals surface area contributed by atoms with Crippen LogP contribution in [0.2, 0.25) is 0 Å². The molecule has 1 aromatic rings. The molecular formula is C20H29Cl2FeN3. The molecule has 146 valence electrons. The summed E-state index contributed by atoms with van der Waals surface area (Å²) in [6.45, 7) is 2.12. The maximum Gasteiger partial charge on any atom is 2.00 e. The van der Waals surface area contributed by atoms with Crippen LogP contribution in [0.15, 0.2) is 22.1 Å². The monoisotopic (exact) mass is 437 g/mol. The number of rotatable bonds is 4. The van der Waals surface area contributed by atoms with Crippen molar-refractivity contribution >= 4 is 12.4 Å². The number of aryl methyl sites for hydroxylation is 1. The molecule has 3 rings (SSSR count). The van der Waals surface area contributed by atoms with Crippen molar-refractivity contribution in [2.24, 2.45) is 9.98 Å². The van der Waals surface area contributed by atoms with Crippen LogP contribution < -0.4 is 24.8 Å². The van der Waals surface area contributed by atoms with Gasteiger partial charge in [0.25, 0.3) is 0 Å². The van der Waals surface area contributed by atoms with Crippen LogP contribution in [0, 0.1) is 6.92 Å². The fourth-order valence-electron chi connectivity index (χ4n) is 3.68. The van der Waals surface area contributed by atoms with E-state index in [-0.39, 0.29) is 41.9 Å². The Hall–Kier alpha value is -0.411. The second-order valence-corrected chi connectivity index (χ2v) is 7.13. The van der Waals surface area contributed by atoms with Gasteiger partial charge in [0, 0.05) is 12.4 Å². The van der Waals surface area contributed by atoms with Gasteiger partial charge in [-0.15, -0.1) is 0 Å².